The maximum Gasteiger partial charge on any atom is 0.329 e. The minimum atomic E-state index is -0.420. The third-order valence-electron chi connectivity index (χ3n) is 6.67. The molecule has 1 fully saturated rings. The number of nitrogens with one attached hydrogen (secondary N) is 3. The van der Waals surface area contributed by atoms with Crippen molar-refractivity contribution in [3.63, 3.8) is 0 Å². The van der Waals surface area contributed by atoms with E-state index in [1.807, 2.05) is 13.0 Å². The summed E-state index contributed by atoms with van der Waals surface area (Å²) >= 11 is 0. The van der Waals surface area contributed by atoms with E-state index in [2.05, 4.69) is 32.6 Å². The van der Waals surface area contributed by atoms with E-state index in [9.17, 15) is 14.4 Å². The number of aromatic amines is 2. The maximum atomic E-state index is 12.7. The van der Waals surface area contributed by atoms with Gasteiger partial charge >= 0.3 is 5.69 Å². The zero-order chi connectivity index (χ0) is 22.9. The van der Waals surface area contributed by atoms with Gasteiger partial charge in [-0.1, -0.05) is 6.07 Å². The van der Waals surface area contributed by atoms with Gasteiger partial charge in [-0.2, -0.15) is 5.10 Å². The van der Waals surface area contributed by atoms with Crippen LogP contribution in [0.1, 0.15) is 46.6 Å². The summed E-state index contributed by atoms with van der Waals surface area (Å²) in [6, 6.07) is 9.35. The highest BCUT2D eigenvalue weighted by Gasteiger charge is 2.26. The van der Waals surface area contributed by atoms with E-state index in [1.54, 1.807) is 11.0 Å². The average Bonchev–Trinajstić information content (AvgIpc) is 3.45. The first-order valence-corrected chi connectivity index (χ1v) is 11.5. The highest BCUT2D eigenvalue weighted by molar-refractivity contribution is 5.92. The molecule has 3 N–H and O–H groups in total. The van der Waals surface area contributed by atoms with Gasteiger partial charge in [0.25, 0.3) is 11.5 Å². The molecule has 2 aliphatic rings. The number of hydrogen-bond donors (Lipinski definition) is 3. The van der Waals surface area contributed by atoms with Crippen LogP contribution in [0.5, 0.6) is 0 Å². The van der Waals surface area contributed by atoms with Crippen LogP contribution in [0.4, 0.5) is 11.5 Å². The third-order valence-corrected chi connectivity index (χ3v) is 6.67. The number of anilines is 2. The normalized spacial score (nSPS) is 16.1. The van der Waals surface area contributed by atoms with E-state index in [-0.39, 0.29) is 17.4 Å². The molecular formula is C24H28N6O3. The van der Waals surface area contributed by atoms with Gasteiger partial charge in [0, 0.05) is 37.1 Å². The second-order valence-electron chi connectivity index (χ2n) is 9.07. The molecule has 9 nitrogen and oxygen atoms in total. The van der Waals surface area contributed by atoms with Crippen LogP contribution < -0.4 is 16.6 Å². The van der Waals surface area contributed by atoms with Gasteiger partial charge in [-0.25, -0.2) is 4.79 Å². The highest BCUT2D eigenvalue weighted by atomic mass is 16.2. The molecule has 2 aromatic heterocycles. The number of amides is 1. The summed E-state index contributed by atoms with van der Waals surface area (Å²) < 4.78 is 1.26. The minimum absolute atomic E-state index is 0.0882. The molecule has 0 bridgehead atoms. The Kier molecular flexibility index (Phi) is 5.62. The summed E-state index contributed by atoms with van der Waals surface area (Å²) in [4.78, 5) is 42.5. The Morgan fingerprint density at radius 3 is 2.64 bits per heavy atom. The van der Waals surface area contributed by atoms with Crippen LogP contribution in [-0.4, -0.2) is 43.6 Å². The van der Waals surface area contributed by atoms with Crippen molar-refractivity contribution >= 4 is 17.4 Å². The Morgan fingerprint density at radius 1 is 1.12 bits per heavy atom. The van der Waals surface area contributed by atoms with Crippen molar-refractivity contribution in [2.45, 2.75) is 45.6 Å². The number of aromatic nitrogens is 4. The monoisotopic (exact) mass is 448 g/mol. The number of piperidine rings is 1. The Labute approximate surface area is 190 Å². The van der Waals surface area contributed by atoms with Crippen LogP contribution >= 0.6 is 0 Å². The topological polar surface area (TPSA) is 116 Å². The van der Waals surface area contributed by atoms with E-state index in [4.69, 9.17) is 0 Å². The summed E-state index contributed by atoms with van der Waals surface area (Å²) in [6.45, 7) is 3.37. The molecule has 1 saturated heterocycles. The highest BCUT2D eigenvalue weighted by Crippen LogP contribution is 2.26. The fraction of sp³-hybridized carbons (Fsp3) is 0.417. The van der Waals surface area contributed by atoms with E-state index >= 15 is 0 Å². The van der Waals surface area contributed by atoms with Gasteiger partial charge < -0.3 is 10.2 Å². The number of aryl methyl sites for hydroxylation is 3. The molecule has 0 spiro atoms. The molecule has 0 saturated carbocycles. The smallest absolute Gasteiger partial charge is 0.329 e. The summed E-state index contributed by atoms with van der Waals surface area (Å²) in [6.07, 6.45) is 4.81. The number of carbonyl (C=O) groups excluding carboxylic acids is 1. The molecule has 0 radical (unpaired) electrons. The SMILES string of the molecule is Cc1cc(C(=O)N2CCC(Cn3c(=O)cc(Nc4ccc5c(c4)CCC5)[nH]c3=O)CC2)n[nH]1. The Hall–Kier alpha value is -3.62. The number of benzene rings is 1. The molecule has 1 amide bonds. The lowest BCUT2D eigenvalue weighted by Crippen LogP contribution is -2.42. The number of carbonyl (C=O) groups is 1. The Bertz CT molecular complexity index is 1260. The molecule has 5 rings (SSSR count). The van der Waals surface area contributed by atoms with Crippen molar-refractivity contribution in [2.24, 2.45) is 5.92 Å². The predicted octanol–water partition coefficient (Wildman–Crippen LogP) is 2.35. The number of nitrogens with zero attached hydrogens (tertiary/aromatic N) is 3. The summed E-state index contributed by atoms with van der Waals surface area (Å²) in [5.74, 6) is 0.466. The van der Waals surface area contributed by atoms with Gasteiger partial charge in [0.05, 0.1) is 0 Å². The molecule has 9 heteroatoms. The molecular weight excluding hydrogens is 420 g/mol. The van der Waals surface area contributed by atoms with Gasteiger partial charge in [0.1, 0.15) is 11.5 Å². The molecule has 1 aromatic carbocycles. The molecule has 1 aliphatic heterocycles. The molecule has 1 aliphatic carbocycles. The van der Waals surface area contributed by atoms with Gasteiger partial charge in [-0.3, -0.25) is 24.2 Å². The third kappa shape index (κ3) is 4.48. The minimum Gasteiger partial charge on any atom is -0.342 e. The fourth-order valence-corrected chi connectivity index (χ4v) is 4.83. The standard InChI is InChI=1S/C24H28N6O3/c1-15-11-20(28-27-15)23(32)29-9-7-16(8-10-29)14-30-22(31)13-21(26-24(30)33)25-19-6-5-17-3-2-4-18(17)12-19/h5-6,11-13,16,25H,2-4,7-10,14H2,1H3,(H,26,33)(H,27,28). The fourth-order valence-electron chi connectivity index (χ4n) is 4.83. The maximum absolute atomic E-state index is 12.7. The van der Waals surface area contributed by atoms with Crippen molar-refractivity contribution < 1.29 is 4.79 Å². The lowest BCUT2D eigenvalue weighted by atomic mass is 9.96. The number of rotatable bonds is 5. The van der Waals surface area contributed by atoms with Crippen LogP contribution in [0.25, 0.3) is 0 Å². The van der Waals surface area contributed by atoms with Crippen molar-refractivity contribution in [1.82, 2.24) is 24.6 Å². The van der Waals surface area contributed by atoms with E-state index in [0.29, 0.717) is 31.1 Å². The first-order valence-electron chi connectivity index (χ1n) is 11.5. The number of hydrogen-bond acceptors (Lipinski definition) is 5. The second-order valence-corrected chi connectivity index (χ2v) is 9.07. The van der Waals surface area contributed by atoms with Crippen LogP contribution in [0.15, 0.2) is 39.9 Å². The van der Waals surface area contributed by atoms with Crippen LogP contribution in [0, 0.1) is 12.8 Å². The van der Waals surface area contributed by atoms with Crippen molar-refractivity contribution in [3.05, 3.63) is 73.7 Å². The first kappa shape index (κ1) is 21.2. The summed E-state index contributed by atoms with van der Waals surface area (Å²) in [7, 11) is 0. The van der Waals surface area contributed by atoms with Gasteiger partial charge in [-0.05, 0) is 74.3 Å². The summed E-state index contributed by atoms with van der Waals surface area (Å²) in [5, 5.41) is 10.00. The lowest BCUT2D eigenvalue weighted by Gasteiger charge is -2.31. The predicted molar refractivity (Wildman–Crippen MR) is 125 cm³/mol. The van der Waals surface area contributed by atoms with Crippen LogP contribution in [0.2, 0.25) is 0 Å². The van der Waals surface area contributed by atoms with Crippen molar-refractivity contribution in [2.75, 3.05) is 18.4 Å². The van der Waals surface area contributed by atoms with E-state index in [0.717, 1.165) is 37.1 Å². The molecule has 172 valence electrons. The van der Waals surface area contributed by atoms with Gasteiger partial charge in [0.15, 0.2) is 0 Å². The summed E-state index contributed by atoms with van der Waals surface area (Å²) in [5.41, 5.74) is 4.09. The van der Waals surface area contributed by atoms with Gasteiger partial charge in [0.2, 0.25) is 0 Å². The van der Waals surface area contributed by atoms with Crippen molar-refractivity contribution in [1.29, 1.82) is 0 Å². The number of likely N-dealkylation sites (tertiary alicyclic amines) is 1. The van der Waals surface area contributed by atoms with Crippen LogP contribution in [0.3, 0.4) is 0 Å². The van der Waals surface area contributed by atoms with E-state index in [1.165, 1.54) is 28.2 Å². The zero-order valence-electron chi connectivity index (χ0n) is 18.7. The molecule has 0 atom stereocenters. The first-order chi connectivity index (χ1) is 16.0. The Morgan fingerprint density at radius 2 is 1.91 bits per heavy atom. The largest absolute Gasteiger partial charge is 0.342 e. The second kappa shape index (κ2) is 8.73. The van der Waals surface area contributed by atoms with Crippen LogP contribution in [-0.2, 0) is 19.4 Å². The van der Waals surface area contributed by atoms with E-state index < -0.39 is 5.69 Å². The molecule has 33 heavy (non-hydrogen) atoms. The van der Waals surface area contributed by atoms with Crippen molar-refractivity contribution in [3.8, 4) is 0 Å². The lowest BCUT2D eigenvalue weighted by molar-refractivity contribution is 0.0675. The number of H-pyrrole nitrogens is 2. The Balaban J connectivity index is 1.22. The molecule has 3 heterocycles. The van der Waals surface area contributed by atoms with Gasteiger partial charge in [-0.15, -0.1) is 0 Å². The average molecular weight is 449 g/mol. The zero-order valence-corrected chi connectivity index (χ0v) is 18.7. The molecule has 0 unspecified atom stereocenters. The molecule has 3 aromatic rings. The number of fused-ring (bicyclic) bond motifs is 1. The quantitative estimate of drug-likeness (QED) is 0.554.